The van der Waals surface area contributed by atoms with Crippen LogP contribution >= 0.6 is 0 Å². The Hall–Kier alpha value is -6.34. The number of nitrogens with zero attached hydrogens (tertiary/aromatic N) is 1. The van der Waals surface area contributed by atoms with Gasteiger partial charge >= 0.3 is 23.9 Å². The topological polar surface area (TPSA) is 246 Å². The third-order valence-corrected chi connectivity index (χ3v) is 7.59. The molecular formula is C38H50N6O13. The summed E-state index contributed by atoms with van der Waals surface area (Å²) in [5.41, 5.74) is 1.71. The van der Waals surface area contributed by atoms with Crippen LogP contribution in [-0.2, 0) is 62.0 Å². The lowest BCUT2D eigenvalue weighted by Gasteiger charge is -2.26. The second-order valence-electron chi connectivity index (χ2n) is 12.2. The Morgan fingerprint density at radius 1 is 0.614 bits per heavy atom. The van der Waals surface area contributed by atoms with E-state index in [1.54, 1.807) is 0 Å². The van der Waals surface area contributed by atoms with Crippen LogP contribution in [0.3, 0.4) is 0 Å². The average molecular weight is 799 g/mol. The number of hydrogen-bond donors (Lipinski definition) is 5. The van der Waals surface area contributed by atoms with Crippen LogP contribution in [-0.4, -0.2) is 112 Å². The molecule has 5 N–H and O–H groups in total. The second-order valence-corrected chi connectivity index (χ2v) is 12.2. The molecule has 0 bridgehead atoms. The molecule has 0 spiro atoms. The number of amides is 4. The predicted octanol–water partition coefficient (Wildman–Crippen LogP) is 0.299. The molecule has 4 rings (SSSR count). The lowest BCUT2D eigenvalue weighted by atomic mass is 10.1. The summed E-state index contributed by atoms with van der Waals surface area (Å²) in [6, 6.07) is 0. The maximum atomic E-state index is 11.6. The van der Waals surface area contributed by atoms with E-state index in [1.165, 1.54) is 18.2 Å². The molecule has 4 aliphatic heterocycles. The van der Waals surface area contributed by atoms with Crippen molar-refractivity contribution in [3.05, 3.63) is 84.3 Å². The third kappa shape index (κ3) is 20.8. The molecule has 4 heterocycles. The van der Waals surface area contributed by atoms with Gasteiger partial charge in [0, 0.05) is 92.7 Å². The van der Waals surface area contributed by atoms with Crippen LogP contribution in [0.15, 0.2) is 84.3 Å². The Balaban J connectivity index is 0.000000387. The van der Waals surface area contributed by atoms with E-state index in [1.807, 2.05) is 0 Å². The number of morpholine rings is 1. The standard InChI is InChI=1S/C19H27N3O6.C18H19N3O7.CH4/c1-15-20-16(14-17(23)21-15)6-11-28-19(25)5-4-18(24)27-10-3-2-7-22-8-12-26-13-9-22;1-11-19-13(10-16(24)20-11)5-7-28-18(26)3-2-17(25)27-6-4-12-8-14(22)21-15(23)9-12;/h4-5,14,20H,1-3,6-13H2,(H,21,23);2-3,8,10,19H,1,4-7,9H2,(H,20,24)(H,21,22,23);1H4/b5-4+;3-2+;. The lowest BCUT2D eigenvalue weighted by molar-refractivity contribution is -0.140. The monoisotopic (exact) mass is 798 g/mol. The predicted molar refractivity (Wildman–Crippen MR) is 202 cm³/mol. The first-order chi connectivity index (χ1) is 26.8. The highest BCUT2D eigenvalue weighted by Gasteiger charge is 2.17. The van der Waals surface area contributed by atoms with Gasteiger partial charge < -0.3 is 45.0 Å². The Kier molecular flexibility index (Phi) is 21.1. The zero-order valence-corrected chi connectivity index (χ0v) is 30.8. The van der Waals surface area contributed by atoms with Gasteiger partial charge in [0.25, 0.3) is 17.7 Å². The van der Waals surface area contributed by atoms with Gasteiger partial charge in [0.15, 0.2) is 0 Å². The summed E-state index contributed by atoms with van der Waals surface area (Å²) in [5, 5.41) is 12.8. The van der Waals surface area contributed by atoms with Gasteiger partial charge in [0.05, 0.1) is 39.6 Å². The van der Waals surface area contributed by atoms with Crippen LogP contribution in [0.25, 0.3) is 0 Å². The maximum absolute atomic E-state index is 11.6. The summed E-state index contributed by atoms with van der Waals surface area (Å²) >= 11 is 0. The molecule has 1 fully saturated rings. The van der Waals surface area contributed by atoms with Crippen LogP contribution < -0.4 is 26.6 Å². The largest absolute Gasteiger partial charge is 0.463 e. The molecule has 0 aliphatic carbocycles. The SMILES string of the molecule is C.C=C1NC(=O)C=C(CCOC(=O)/C=C/C(=O)OCCC2=CC(=O)NC(=O)C2)N1.C=C1NC(=O)C=C(CCOC(=O)/C=C/C(=O)OCCCCN2CCOCC2)N1. The average Bonchev–Trinajstić information content (AvgIpc) is 3.12. The van der Waals surface area contributed by atoms with Crippen molar-refractivity contribution in [2.24, 2.45) is 0 Å². The molecule has 0 aromatic heterocycles. The summed E-state index contributed by atoms with van der Waals surface area (Å²) in [6.45, 7) is 11.9. The molecular weight excluding hydrogens is 748 g/mol. The van der Waals surface area contributed by atoms with Crippen molar-refractivity contribution in [3.8, 4) is 0 Å². The highest BCUT2D eigenvalue weighted by atomic mass is 16.5. The van der Waals surface area contributed by atoms with Crippen molar-refractivity contribution in [1.82, 2.24) is 31.5 Å². The fourth-order valence-electron chi connectivity index (χ4n) is 5.00. The van der Waals surface area contributed by atoms with E-state index < -0.39 is 35.7 Å². The Morgan fingerprint density at radius 2 is 1.05 bits per heavy atom. The second kappa shape index (κ2) is 25.7. The van der Waals surface area contributed by atoms with Crippen LogP contribution in [0.5, 0.6) is 0 Å². The van der Waals surface area contributed by atoms with Gasteiger partial charge in [0.1, 0.15) is 11.6 Å². The first-order valence-electron chi connectivity index (χ1n) is 17.7. The van der Waals surface area contributed by atoms with Gasteiger partial charge in [-0.3, -0.25) is 29.4 Å². The van der Waals surface area contributed by atoms with E-state index in [0.29, 0.717) is 41.6 Å². The van der Waals surface area contributed by atoms with Gasteiger partial charge in [-0.2, -0.15) is 0 Å². The summed E-state index contributed by atoms with van der Waals surface area (Å²) in [4.78, 5) is 93.6. The molecule has 0 unspecified atom stereocenters. The molecule has 1 saturated heterocycles. The van der Waals surface area contributed by atoms with Crippen LogP contribution in [0, 0.1) is 0 Å². The molecule has 57 heavy (non-hydrogen) atoms. The lowest BCUT2D eigenvalue weighted by Crippen LogP contribution is -2.36. The first kappa shape index (κ1) is 46.8. The molecule has 0 radical (unpaired) electrons. The smallest absolute Gasteiger partial charge is 0.331 e. The number of carbonyl (C=O) groups excluding carboxylic acids is 8. The molecule has 19 heteroatoms. The number of esters is 4. The van der Waals surface area contributed by atoms with E-state index >= 15 is 0 Å². The number of rotatable bonds is 18. The molecule has 19 nitrogen and oxygen atoms in total. The minimum Gasteiger partial charge on any atom is -0.463 e. The first-order valence-corrected chi connectivity index (χ1v) is 17.7. The van der Waals surface area contributed by atoms with Crippen molar-refractivity contribution in [1.29, 1.82) is 0 Å². The Bertz CT molecular complexity index is 1620. The summed E-state index contributed by atoms with van der Waals surface area (Å²) in [6.07, 6.45) is 10.5. The number of nitrogens with one attached hydrogen (secondary N) is 5. The Morgan fingerprint density at radius 3 is 1.51 bits per heavy atom. The number of hydrogen-bond acceptors (Lipinski definition) is 16. The molecule has 0 saturated carbocycles. The van der Waals surface area contributed by atoms with Gasteiger partial charge in [0.2, 0.25) is 5.91 Å². The van der Waals surface area contributed by atoms with Crippen LogP contribution in [0.4, 0.5) is 0 Å². The van der Waals surface area contributed by atoms with Crippen molar-refractivity contribution >= 4 is 47.5 Å². The molecule has 310 valence electrons. The van der Waals surface area contributed by atoms with Gasteiger partial charge in [-0.15, -0.1) is 0 Å². The maximum Gasteiger partial charge on any atom is 0.331 e. The van der Waals surface area contributed by atoms with Gasteiger partial charge in [-0.25, -0.2) is 19.2 Å². The van der Waals surface area contributed by atoms with Crippen LogP contribution in [0.2, 0.25) is 0 Å². The van der Waals surface area contributed by atoms with E-state index in [-0.39, 0.29) is 58.3 Å². The highest BCUT2D eigenvalue weighted by molar-refractivity contribution is 6.05. The summed E-state index contributed by atoms with van der Waals surface area (Å²) in [7, 11) is 0. The minimum absolute atomic E-state index is 0. The molecule has 0 atom stereocenters. The normalized spacial score (nSPS) is 16.8. The number of ether oxygens (including phenoxy) is 5. The Labute approximate surface area is 330 Å². The fraction of sp³-hybridized carbons (Fsp3) is 0.421. The zero-order valence-electron chi connectivity index (χ0n) is 30.8. The number of carbonyl (C=O) groups is 8. The van der Waals surface area contributed by atoms with Crippen molar-refractivity contribution < 1.29 is 62.0 Å². The fourth-order valence-corrected chi connectivity index (χ4v) is 5.00. The summed E-state index contributed by atoms with van der Waals surface area (Å²) < 4.78 is 25.1. The molecule has 4 amide bonds. The van der Waals surface area contributed by atoms with Crippen molar-refractivity contribution in [2.75, 3.05) is 59.3 Å². The number of imide groups is 1. The molecule has 4 aliphatic rings. The van der Waals surface area contributed by atoms with E-state index in [2.05, 4.69) is 44.6 Å². The van der Waals surface area contributed by atoms with Crippen molar-refractivity contribution in [3.63, 3.8) is 0 Å². The van der Waals surface area contributed by atoms with E-state index in [0.717, 1.165) is 70.0 Å². The number of unbranched alkanes of at least 4 members (excludes halogenated alkanes) is 1. The minimum atomic E-state index is -0.756. The third-order valence-electron chi connectivity index (χ3n) is 7.59. The summed E-state index contributed by atoms with van der Waals surface area (Å²) in [5.74, 6) is -3.50. The van der Waals surface area contributed by atoms with E-state index in [9.17, 15) is 38.4 Å². The van der Waals surface area contributed by atoms with Gasteiger partial charge in [-0.1, -0.05) is 26.2 Å². The molecule has 0 aromatic carbocycles. The quantitative estimate of drug-likeness (QED) is 0.0412. The molecule has 0 aromatic rings. The van der Waals surface area contributed by atoms with Crippen LogP contribution in [0.1, 0.15) is 46.0 Å². The zero-order chi connectivity index (χ0) is 40.7. The highest BCUT2D eigenvalue weighted by Crippen LogP contribution is 2.11. The van der Waals surface area contributed by atoms with E-state index in [4.69, 9.17) is 23.7 Å². The van der Waals surface area contributed by atoms with Crippen molar-refractivity contribution in [2.45, 2.75) is 46.0 Å². The van der Waals surface area contributed by atoms with Gasteiger partial charge in [-0.05, 0) is 19.4 Å².